The average molecular weight is 402 g/mol. The molecular weight excluding hydrogens is 386 g/mol. The number of hydrogen-bond donors (Lipinski definition) is 1. The van der Waals surface area contributed by atoms with Crippen LogP contribution in [0.15, 0.2) is 42.5 Å². The number of anilines is 1. The summed E-state index contributed by atoms with van der Waals surface area (Å²) in [6.07, 6.45) is -1.58. The van der Waals surface area contributed by atoms with Crippen LogP contribution in [-0.4, -0.2) is 41.2 Å². The molecule has 0 saturated carbocycles. The van der Waals surface area contributed by atoms with E-state index in [4.69, 9.17) is 4.74 Å². The second-order valence-corrected chi connectivity index (χ2v) is 6.30. The van der Waals surface area contributed by atoms with E-state index in [2.05, 4.69) is 5.32 Å². The highest BCUT2D eigenvalue weighted by atomic mass is 19.1. The zero-order valence-electron chi connectivity index (χ0n) is 15.3. The van der Waals surface area contributed by atoms with Crippen LogP contribution in [0.5, 0.6) is 0 Å². The van der Waals surface area contributed by atoms with Crippen LogP contribution < -0.4 is 5.32 Å². The Morgan fingerprint density at radius 2 is 1.69 bits per heavy atom. The number of amides is 3. The van der Waals surface area contributed by atoms with Crippen LogP contribution in [0.2, 0.25) is 0 Å². The molecule has 150 valence electrons. The largest absolute Gasteiger partial charge is 0.452 e. The maximum atomic E-state index is 13.6. The van der Waals surface area contributed by atoms with Gasteiger partial charge in [-0.1, -0.05) is 12.1 Å². The molecule has 9 heteroatoms. The Labute approximate surface area is 164 Å². The summed E-state index contributed by atoms with van der Waals surface area (Å²) < 4.78 is 31.4. The fourth-order valence-electron chi connectivity index (χ4n) is 2.78. The number of carbonyl (C=O) groups is 4. The Morgan fingerprint density at radius 1 is 1.07 bits per heavy atom. The van der Waals surface area contributed by atoms with Gasteiger partial charge in [-0.3, -0.25) is 24.1 Å². The highest BCUT2D eigenvalue weighted by Crippen LogP contribution is 2.22. The lowest BCUT2D eigenvalue weighted by atomic mass is 10.1. The molecule has 1 aliphatic heterocycles. The zero-order valence-corrected chi connectivity index (χ0v) is 15.3. The van der Waals surface area contributed by atoms with E-state index in [1.54, 1.807) is 12.1 Å². The van der Waals surface area contributed by atoms with Crippen molar-refractivity contribution in [3.05, 3.63) is 65.2 Å². The van der Waals surface area contributed by atoms with Crippen molar-refractivity contribution < 1.29 is 32.7 Å². The standard InChI is InChI=1S/C20H16F2N2O5/c1-11(18(26)23-16-7-6-12(21)10-15(16)22)29-17(25)8-9-24-19(27)13-4-2-3-5-14(13)20(24)28/h2-7,10-11H,8-9H2,1H3,(H,23,26)/t11-/m0/s1. The fraction of sp³-hybridized carbons (Fsp3) is 0.200. The van der Waals surface area contributed by atoms with Gasteiger partial charge < -0.3 is 10.1 Å². The summed E-state index contributed by atoms with van der Waals surface area (Å²) in [6.45, 7) is 1.07. The van der Waals surface area contributed by atoms with Crippen LogP contribution in [0.25, 0.3) is 0 Å². The van der Waals surface area contributed by atoms with Crippen molar-refractivity contribution in [2.24, 2.45) is 0 Å². The number of nitrogens with one attached hydrogen (secondary N) is 1. The van der Waals surface area contributed by atoms with Crippen molar-refractivity contribution >= 4 is 29.4 Å². The lowest BCUT2D eigenvalue weighted by Gasteiger charge is -2.16. The number of hydrogen-bond acceptors (Lipinski definition) is 5. The van der Waals surface area contributed by atoms with Crippen LogP contribution in [0.1, 0.15) is 34.1 Å². The van der Waals surface area contributed by atoms with Crippen molar-refractivity contribution in [3.8, 4) is 0 Å². The molecule has 3 rings (SSSR count). The van der Waals surface area contributed by atoms with E-state index in [0.29, 0.717) is 6.07 Å². The van der Waals surface area contributed by atoms with E-state index in [-0.39, 0.29) is 29.8 Å². The van der Waals surface area contributed by atoms with Crippen LogP contribution in [-0.2, 0) is 14.3 Å². The predicted molar refractivity (Wildman–Crippen MR) is 97.0 cm³/mol. The number of ether oxygens (including phenoxy) is 1. The van der Waals surface area contributed by atoms with Gasteiger partial charge in [0.05, 0.1) is 23.2 Å². The first-order valence-electron chi connectivity index (χ1n) is 8.68. The molecule has 0 bridgehead atoms. The Bertz CT molecular complexity index is 973. The Morgan fingerprint density at radius 3 is 2.28 bits per heavy atom. The third-order valence-electron chi connectivity index (χ3n) is 4.28. The molecular formula is C20H16F2N2O5. The van der Waals surface area contributed by atoms with E-state index in [9.17, 15) is 28.0 Å². The van der Waals surface area contributed by atoms with Crippen LogP contribution in [0.4, 0.5) is 14.5 Å². The molecule has 1 heterocycles. The number of carbonyl (C=O) groups excluding carboxylic acids is 4. The number of benzene rings is 2. The summed E-state index contributed by atoms with van der Waals surface area (Å²) in [5.41, 5.74) is 0.269. The first-order chi connectivity index (χ1) is 13.8. The normalized spacial score (nSPS) is 13.8. The van der Waals surface area contributed by atoms with Gasteiger partial charge in [-0.15, -0.1) is 0 Å². The van der Waals surface area contributed by atoms with Gasteiger partial charge in [0, 0.05) is 12.6 Å². The fourth-order valence-corrected chi connectivity index (χ4v) is 2.78. The minimum absolute atomic E-state index is 0.202. The summed E-state index contributed by atoms with van der Waals surface area (Å²) in [4.78, 5) is 49.4. The number of nitrogens with zero attached hydrogens (tertiary/aromatic N) is 1. The Balaban J connectivity index is 1.52. The van der Waals surface area contributed by atoms with Gasteiger partial charge in [-0.25, -0.2) is 8.78 Å². The van der Waals surface area contributed by atoms with Gasteiger partial charge in [-0.2, -0.15) is 0 Å². The average Bonchev–Trinajstić information content (AvgIpc) is 2.93. The Kier molecular flexibility index (Phi) is 5.67. The first-order valence-corrected chi connectivity index (χ1v) is 8.68. The second kappa shape index (κ2) is 8.17. The van der Waals surface area contributed by atoms with E-state index in [1.807, 2.05) is 0 Å². The maximum Gasteiger partial charge on any atom is 0.308 e. The van der Waals surface area contributed by atoms with Crippen LogP contribution in [0, 0.1) is 11.6 Å². The predicted octanol–water partition coefficient (Wildman–Crippen LogP) is 2.52. The van der Waals surface area contributed by atoms with Crippen LogP contribution >= 0.6 is 0 Å². The third kappa shape index (κ3) is 4.29. The number of esters is 1. The number of fused-ring (bicyclic) bond motifs is 1. The van der Waals surface area contributed by atoms with Gasteiger partial charge in [0.2, 0.25) is 0 Å². The van der Waals surface area contributed by atoms with Gasteiger partial charge in [-0.05, 0) is 31.2 Å². The SMILES string of the molecule is C[C@H](OC(=O)CCN1C(=O)c2ccccc2C1=O)C(=O)Nc1ccc(F)cc1F. The molecule has 0 spiro atoms. The molecule has 2 aromatic carbocycles. The van der Waals surface area contributed by atoms with Crippen molar-refractivity contribution in [1.29, 1.82) is 0 Å². The van der Waals surface area contributed by atoms with Gasteiger partial charge in [0.1, 0.15) is 11.6 Å². The van der Waals surface area contributed by atoms with Gasteiger partial charge in [0.25, 0.3) is 17.7 Å². The number of halogens is 2. The molecule has 0 saturated heterocycles. The summed E-state index contributed by atoms with van der Waals surface area (Å²) in [5.74, 6) is -4.41. The van der Waals surface area contributed by atoms with E-state index < -0.39 is 41.4 Å². The number of rotatable bonds is 6. The molecule has 1 aliphatic rings. The minimum atomic E-state index is -1.27. The zero-order chi connectivity index (χ0) is 21.1. The first kappa shape index (κ1) is 20.1. The molecule has 1 atom stereocenters. The van der Waals surface area contributed by atoms with Gasteiger partial charge >= 0.3 is 5.97 Å². The topological polar surface area (TPSA) is 92.8 Å². The summed E-state index contributed by atoms with van der Waals surface area (Å²) in [7, 11) is 0. The molecule has 3 amide bonds. The second-order valence-electron chi connectivity index (χ2n) is 6.30. The smallest absolute Gasteiger partial charge is 0.308 e. The molecule has 0 unspecified atom stereocenters. The molecule has 1 N–H and O–H groups in total. The summed E-state index contributed by atoms with van der Waals surface area (Å²) in [6, 6.07) is 8.92. The molecule has 0 aliphatic carbocycles. The lowest BCUT2D eigenvalue weighted by Crippen LogP contribution is -2.34. The van der Waals surface area contributed by atoms with Gasteiger partial charge in [0.15, 0.2) is 6.10 Å². The summed E-state index contributed by atoms with van der Waals surface area (Å²) in [5, 5.41) is 2.19. The molecule has 29 heavy (non-hydrogen) atoms. The molecule has 2 aromatic rings. The quantitative estimate of drug-likeness (QED) is 0.592. The molecule has 0 aromatic heterocycles. The van der Waals surface area contributed by atoms with E-state index in [1.165, 1.54) is 19.1 Å². The van der Waals surface area contributed by atoms with Crippen LogP contribution in [0.3, 0.4) is 0 Å². The monoisotopic (exact) mass is 402 g/mol. The molecule has 0 fully saturated rings. The maximum absolute atomic E-state index is 13.6. The van der Waals surface area contributed by atoms with E-state index in [0.717, 1.165) is 17.0 Å². The van der Waals surface area contributed by atoms with Crippen molar-refractivity contribution in [3.63, 3.8) is 0 Å². The number of imide groups is 1. The van der Waals surface area contributed by atoms with Crippen molar-refractivity contribution in [1.82, 2.24) is 4.90 Å². The lowest BCUT2D eigenvalue weighted by molar-refractivity contribution is -0.153. The van der Waals surface area contributed by atoms with Crippen molar-refractivity contribution in [2.75, 3.05) is 11.9 Å². The third-order valence-corrected chi connectivity index (χ3v) is 4.28. The molecule has 0 radical (unpaired) electrons. The highest BCUT2D eigenvalue weighted by Gasteiger charge is 2.35. The summed E-state index contributed by atoms with van der Waals surface area (Å²) >= 11 is 0. The molecule has 7 nitrogen and oxygen atoms in total. The minimum Gasteiger partial charge on any atom is -0.452 e. The highest BCUT2D eigenvalue weighted by molar-refractivity contribution is 6.21. The Hall–Kier alpha value is -3.62. The van der Waals surface area contributed by atoms with Crippen molar-refractivity contribution in [2.45, 2.75) is 19.4 Å². The van der Waals surface area contributed by atoms with E-state index >= 15 is 0 Å².